The number of rotatable bonds is 3. The lowest BCUT2D eigenvalue weighted by atomic mass is 10.0. The Labute approximate surface area is 57.1 Å². The fourth-order valence-electron chi connectivity index (χ4n) is 1.48. The van der Waals surface area contributed by atoms with Gasteiger partial charge in [-0.15, -0.1) is 0 Å². The molecule has 54 valence electrons. The summed E-state index contributed by atoms with van der Waals surface area (Å²) < 4.78 is 0. The quantitative estimate of drug-likeness (QED) is 0.614. The molecule has 0 aromatic rings. The maximum absolute atomic E-state index is 9.02. The minimum atomic E-state index is 0.0477. The van der Waals surface area contributed by atoms with Gasteiger partial charge in [0, 0.05) is 0 Å². The molecule has 1 fully saturated rings. The smallest absolute Gasteiger partial charge is 0.0575 e. The van der Waals surface area contributed by atoms with Gasteiger partial charge in [-0.05, 0) is 18.3 Å². The van der Waals surface area contributed by atoms with Gasteiger partial charge >= 0.3 is 0 Å². The molecule has 1 heteroatoms. The Morgan fingerprint density at radius 3 is 2.56 bits per heavy atom. The summed E-state index contributed by atoms with van der Waals surface area (Å²) in [6, 6.07) is 0. The normalized spacial score (nSPS) is 36.3. The molecule has 0 bridgehead atoms. The highest BCUT2D eigenvalue weighted by atomic mass is 16.3. The van der Waals surface area contributed by atoms with Crippen LogP contribution >= 0.6 is 0 Å². The van der Waals surface area contributed by atoms with E-state index in [-0.39, 0.29) is 6.10 Å². The van der Waals surface area contributed by atoms with E-state index in [1.807, 2.05) is 0 Å². The highest BCUT2D eigenvalue weighted by Crippen LogP contribution is 2.38. The first-order valence-electron chi connectivity index (χ1n) is 3.93. The molecular formula is C8H16O. The van der Waals surface area contributed by atoms with Crippen molar-refractivity contribution >= 4 is 0 Å². The molecular weight excluding hydrogens is 112 g/mol. The van der Waals surface area contributed by atoms with Crippen molar-refractivity contribution in [3.05, 3.63) is 0 Å². The zero-order valence-electron chi connectivity index (χ0n) is 6.30. The van der Waals surface area contributed by atoms with E-state index in [9.17, 15) is 0 Å². The van der Waals surface area contributed by atoms with Crippen molar-refractivity contribution in [3.8, 4) is 0 Å². The summed E-state index contributed by atoms with van der Waals surface area (Å²) in [4.78, 5) is 0. The monoisotopic (exact) mass is 128 g/mol. The van der Waals surface area contributed by atoms with Gasteiger partial charge in [0.15, 0.2) is 0 Å². The van der Waals surface area contributed by atoms with Crippen molar-refractivity contribution < 1.29 is 5.11 Å². The zero-order valence-corrected chi connectivity index (χ0v) is 6.30. The van der Waals surface area contributed by atoms with Gasteiger partial charge in [-0.3, -0.25) is 0 Å². The van der Waals surface area contributed by atoms with Crippen LogP contribution in [0.5, 0.6) is 0 Å². The van der Waals surface area contributed by atoms with Crippen LogP contribution in [0.1, 0.15) is 33.1 Å². The summed E-state index contributed by atoms with van der Waals surface area (Å²) >= 11 is 0. The van der Waals surface area contributed by atoms with Crippen LogP contribution in [-0.4, -0.2) is 11.2 Å². The summed E-state index contributed by atoms with van der Waals surface area (Å²) in [7, 11) is 0. The average Bonchev–Trinajstić information content (AvgIpc) is 2.47. The largest absolute Gasteiger partial charge is 0.393 e. The van der Waals surface area contributed by atoms with E-state index >= 15 is 0 Å². The van der Waals surface area contributed by atoms with Crippen molar-refractivity contribution in [1.82, 2.24) is 0 Å². The van der Waals surface area contributed by atoms with Crippen molar-refractivity contribution in [2.75, 3.05) is 0 Å². The first-order valence-corrected chi connectivity index (χ1v) is 3.93. The van der Waals surface area contributed by atoms with Crippen molar-refractivity contribution in [3.63, 3.8) is 0 Å². The predicted molar refractivity (Wildman–Crippen MR) is 38.2 cm³/mol. The molecule has 1 aliphatic carbocycles. The SMILES string of the molecule is CCCC(C)C1CC1O. The number of hydrogen-bond acceptors (Lipinski definition) is 1. The average molecular weight is 128 g/mol. The highest BCUT2D eigenvalue weighted by Gasteiger charge is 2.38. The number of aliphatic hydroxyl groups is 1. The molecule has 0 aliphatic heterocycles. The Kier molecular flexibility index (Phi) is 2.12. The second kappa shape index (κ2) is 2.70. The molecule has 1 N–H and O–H groups in total. The standard InChI is InChI=1S/C8H16O/c1-3-4-6(2)7-5-8(7)9/h6-9H,3-5H2,1-2H3. The predicted octanol–water partition coefficient (Wildman–Crippen LogP) is 1.80. The molecule has 1 rings (SSSR count). The van der Waals surface area contributed by atoms with Gasteiger partial charge in [-0.1, -0.05) is 26.7 Å². The van der Waals surface area contributed by atoms with Crippen molar-refractivity contribution in [2.45, 2.75) is 39.2 Å². The van der Waals surface area contributed by atoms with E-state index in [0.29, 0.717) is 5.92 Å². The van der Waals surface area contributed by atoms with Crippen molar-refractivity contribution in [2.24, 2.45) is 11.8 Å². The maximum Gasteiger partial charge on any atom is 0.0575 e. The number of aliphatic hydroxyl groups excluding tert-OH is 1. The van der Waals surface area contributed by atoms with Crippen molar-refractivity contribution in [1.29, 1.82) is 0 Å². The third-order valence-electron chi connectivity index (χ3n) is 2.28. The van der Waals surface area contributed by atoms with Crippen LogP contribution < -0.4 is 0 Å². The van der Waals surface area contributed by atoms with Gasteiger partial charge in [0.1, 0.15) is 0 Å². The minimum absolute atomic E-state index is 0.0477. The third kappa shape index (κ3) is 1.68. The van der Waals surface area contributed by atoms with Crippen LogP contribution in [0.2, 0.25) is 0 Å². The fraction of sp³-hybridized carbons (Fsp3) is 1.00. The molecule has 1 saturated carbocycles. The topological polar surface area (TPSA) is 20.2 Å². The van der Waals surface area contributed by atoms with Gasteiger partial charge in [0.25, 0.3) is 0 Å². The van der Waals surface area contributed by atoms with Gasteiger partial charge in [0.05, 0.1) is 6.10 Å². The lowest BCUT2D eigenvalue weighted by Gasteiger charge is -2.06. The summed E-state index contributed by atoms with van der Waals surface area (Å²) in [5, 5.41) is 9.02. The fourth-order valence-corrected chi connectivity index (χ4v) is 1.48. The van der Waals surface area contributed by atoms with Crippen LogP contribution in [0.25, 0.3) is 0 Å². The summed E-state index contributed by atoms with van der Waals surface area (Å²) in [5.74, 6) is 1.40. The second-order valence-electron chi connectivity index (χ2n) is 3.23. The Morgan fingerprint density at radius 2 is 2.22 bits per heavy atom. The summed E-state index contributed by atoms with van der Waals surface area (Å²) in [6.07, 6.45) is 3.64. The van der Waals surface area contributed by atoms with Gasteiger partial charge < -0.3 is 5.11 Å². The van der Waals surface area contributed by atoms with Gasteiger partial charge in [0.2, 0.25) is 0 Å². The molecule has 0 aromatic heterocycles. The molecule has 1 aliphatic rings. The first-order chi connectivity index (χ1) is 4.25. The molecule has 9 heavy (non-hydrogen) atoms. The molecule has 0 heterocycles. The van der Waals surface area contributed by atoms with Crippen LogP contribution in [0.3, 0.4) is 0 Å². The minimum Gasteiger partial charge on any atom is -0.393 e. The van der Waals surface area contributed by atoms with E-state index in [4.69, 9.17) is 5.11 Å². The van der Waals surface area contributed by atoms with E-state index in [2.05, 4.69) is 13.8 Å². The zero-order chi connectivity index (χ0) is 6.85. The molecule has 3 atom stereocenters. The Balaban J connectivity index is 2.11. The molecule has 3 unspecified atom stereocenters. The molecule has 1 nitrogen and oxygen atoms in total. The first kappa shape index (κ1) is 7.07. The Morgan fingerprint density at radius 1 is 1.67 bits per heavy atom. The number of hydrogen-bond donors (Lipinski definition) is 1. The van der Waals surface area contributed by atoms with Crippen LogP contribution in [0.4, 0.5) is 0 Å². The van der Waals surface area contributed by atoms with E-state index in [1.165, 1.54) is 12.8 Å². The van der Waals surface area contributed by atoms with E-state index in [0.717, 1.165) is 12.3 Å². The Bertz CT molecular complexity index is 90.6. The van der Waals surface area contributed by atoms with E-state index in [1.54, 1.807) is 0 Å². The summed E-state index contributed by atoms with van der Waals surface area (Å²) in [5.41, 5.74) is 0. The van der Waals surface area contributed by atoms with Crippen LogP contribution in [0, 0.1) is 11.8 Å². The highest BCUT2D eigenvalue weighted by molar-refractivity contribution is 4.88. The molecule has 0 amide bonds. The molecule has 0 spiro atoms. The van der Waals surface area contributed by atoms with Crippen LogP contribution in [0.15, 0.2) is 0 Å². The van der Waals surface area contributed by atoms with Gasteiger partial charge in [-0.25, -0.2) is 0 Å². The van der Waals surface area contributed by atoms with E-state index < -0.39 is 0 Å². The second-order valence-corrected chi connectivity index (χ2v) is 3.23. The lowest BCUT2D eigenvalue weighted by molar-refractivity contribution is 0.238. The Hall–Kier alpha value is -0.0400. The summed E-state index contributed by atoms with van der Waals surface area (Å²) in [6.45, 7) is 4.44. The van der Waals surface area contributed by atoms with Gasteiger partial charge in [-0.2, -0.15) is 0 Å². The van der Waals surface area contributed by atoms with Crippen LogP contribution in [-0.2, 0) is 0 Å². The third-order valence-corrected chi connectivity index (χ3v) is 2.28. The lowest BCUT2D eigenvalue weighted by Crippen LogP contribution is -1.99. The maximum atomic E-state index is 9.02. The molecule has 0 saturated heterocycles. The molecule has 0 radical (unpaired) electrons. The molecule has 0 aromatic carbocycles.